The maximum Gasteiger partial charge on any atom is 0.312 e. The van der Waals surface area contributed by atoms with Crippen molar-refractivity contribution in [2.45, 2.75) is 101 Å². The summed E-state index contributed by atoms with van der Waals surface area (Å²) in [6.45, 7) is 9.82. The average Bonchev–Trinajstić information content (AvgIpc) is 3.90. The molecule has 2 amide bonds. The van der Waals surface area contributed by atoms with Gasteiger partial charge in [-0.25, -0.2) is 22.5 Å². The number of methoxy groups -OCH3 is 2. The van der Waals surface area contributed by atoms with E-state index in [0.717, 1.165) is 50.7 Å². The average molecular weight is 1090 g/mol. The molecule has 1 atom stereocenters. The Hall–Kier alpha value is -7.36. The molecule has 4 N–H and O–H groups in total. The number of carbonyl (C=O) groups excluding carboxylic acids is 2. The molecule has 6 aromatic rings. The molecule has 5 heterocycles. The van der Waals surface area contributed by atoms with Crippen molar-refractivity contribution in [1.82, 2.24) is 29.5 Å². The lowest BCUT2D eigenvalue weighted by Gasteiger charge is -2.58. The number of H-pyrrole nitrogens is 1. The Kier molecular flexibility index (Phi) is 15.1. The summed E-state index contributed by atoms with van der Waals surface area (Å²) >= 11 is 0. The first-order valence-electron chi connectivity index (χ1n) is 26.6. The Balaban J connectivity index is 0.860. The zero-order chi connectivity index (χ0) is 55.1. The number of nitrogens with zero attached hydrogens (tertiary/aromatic N) is 6. The number of benzene rings is 3. The Morgan fingerprint density at radius 3 is 2.37 bits per heavy atom. The van der Waals surface area contributed by atoms with E-state index in [2.05, 4.69) is 68.2 Å². The molecule has 10 rings (SSSR count). The summed E-state index contributed by atoms with van der Waals surface area (Å²) in [4.78, 5) is 57.1. The molecule has 2 aliphatic carbocycles. The number of ether oxygens (including phenoxy) is 3. The van der Waals surface area contributed by atoms with Crippen LogP contribution in [-0.4, -0.2) is 120 Å². The van der Waals surface area contributed by atoms with Crippen LogP contribution < -0.4 is 29.1 Å². The van der Waals surface area contributed by atoms with Crippen LogP contribution in [0.4, 0.5) is 21.6 Å². The zero-order valence-electron chi connectivity index (χ0n) is 44.5. The van der Waals surface area contributed by atoms with Crippen LogP contribution in [0.25, 0.3) is 11.0 Å². The third-order valence-corrected chi connectivity index (χ3v) is 17.8. The van der Waals surface area contributed by atoms with E-state index in [-0.39, 0.29) is 63.1 Å². The van der Waals surface area contributed by atoms with Crippen molar-refractivity contribution in [3.63, 3.8) is 0 Å². The Morgan fingerprint density at radius 2 is 1.68 bits per heavy atom. The number of amides is 2. The Bertz CT molecular complexity index is 3330. The number of piperidine rings is 1. The minimum atomic E-state index is -4.76. The number of carbonyl (C=O) groups is 2. The summed E-state index contributed by atoms with van der Waals surface area (Å²) in [5.74, 6) is -0.864. The van der Waals surface area contributed by atoms with Crippen LogP contribution >= 0.6 is 0 Å². The number of nitro groups is 1. The van der Waals surface area contributed by atoms with E-state index in [1.165, 1.54) is 30.4 Å². The highest BCUT2D eigenvalue weighted by atomic mass is 32.2. The topological polar surface area (TPSA) is 235 Å². The van der Waals surface area contributed by atoms with Crippen molar-refractivity contribution in [3.8, 4) is 23.1 Å². The van der Waals surface area contributed by atoms with Crippen molar-refractivity contribution in [2.75, 3.05) is 63.7 Å². The summed E-state index contributed by atoms with van der Waals surface area (Å²) in [6, 6.07) is 23.2. The van der Waals surface area contributed by atoms with Crippen LogP contribution in [0.5, 0.6) is 23.1 Å². The minimum absolute atomic E-state index is 0.00374. The molecular formula is C57H66FN9O10S. The highest BCUT2D eigenvalue weighted by molar-refractivity contribution is 7.90. The molecule has 2 saturated carbocycles. The second-order valence-corrected chi connectivity index (χ2v) is 23.6. The number of aliphatic hydroxyl groups is 1. The quantitative estimate of drug-likeness (QED) is 0.0522. The molecule has 3 aromatic carbocycles. The molecule has 19 nitrogen and oxygen atoms in total. The summed E-state index contributed by atoms with van der Waals surface area (Å²) in [5.41, 5.74) is 2.58. The molecular weight excluding hydrogens is 1020 g/mol. The van der Waals surface area contributed by atoms with Crippen molar-refractivity contribution >= 4 is 50.1 Å². The van der Waals surface area contributed by atoms with Gasteiger partial charge in [0, 0.05) is 81.0 Å². The van der Waals surface area contributed by atoms with Gasteiger partial charge in [0.2, 0.25) is 5.82 Å². The Morgan fingerprint density at radius 1 is 0.949 bits per heavy atom. The number of halogens is 1. The van der Waals surface area contributed by atoms with Gasteiger partial charge in [-0.15, -0.1) is 0 Å². The molecule has 1 spiro atoms. The molecule has 3 aromatic heterocycles. The monoisotopic (exact) mass is 1090 g/mol. The summed E-state index contributed by atoms with van der Waals surface area (Å²) in [7, 11) is -1.79. The molecule has 4 aliphatic rings. The number of anilines is 2. The fraction of sp³-hybridized carbons (Fsp3) is 0.439. The van der Waals surface area contributed by atoms with Gasteiger partial charge >= 0.3 is 5.69 Å². The van der Waals surface area contributed by atoms with Gasteiger partial charge in [0.15, 0.2) is 5.75 Å². The van der Waals surface area contributed by atoms with Gasteiger partial charge in [0.25, 0.3) is 27.7 Å². The van der Waals surface area contributed by atoms with Crippen LogP contribution in [0, 0.1) is 27.3 Å². The lowest BCUT2D eigenvalue weighted by atomic mass is 9.59. The van der Waals surface area contributed by atoms with Crippen molar-refractivity contribution in [1.29, 1.82) is 0 Å². The highest BCUT2D eigenvalue weighted by Crippen LogP contribution is 2.53. The van der Waals surface area contributed by atoms with E-state index in [4.69, 9.17) is 14.2 Å². The lowest BCUT2D eigenvalue weighted by molar-refractivity contribution is -0.384. The number of aromatic amines is 1. The summed E-state index contributed by atoms with van der Waals surface area (Å²) < 4.78 is 62.0. The first-order chi connectivity index (χ1) is 37.3. The molecule has 0 unspecified atom stereocenters. The van der Waals surface area contributed by atoms with Crippen molar-refractivity contribution < 1.29 is 46.6 Å². The zero-order valence-corrected chi connectivity index (χ0v) is 45.3. The van der Waals surface area contributed by atoms with E-state index < -0.39 is 42.9 Å². The first kappa shape index (κ1) is 54.0. The normalized spacial score (nSPS) is 20.8. The number of hydrogen-bond donors (Lipinski definition) is 4. The minimum Gasteiger partial charge on any atom is -0.497 e. The van der Waals surface area contributed by atoms with Gasteiger partial charge in [-0.05, 0) is 123 Å². The lowest BCUT2D eigenvalue weighted by Crippen LogP contribution is -2.60. The van der Waals surface area contributed by atoms with Crippen LogP contribution in [0.1, 0.15) is 116 Å². The third-order valence-electron chi connectivity index (χ3n) is 16.5. The van der Waals surface area contributed by atoms with Crippen molar-refractivity contribution in [2.24, 2.45) is 11.3 Å². The SMILES string of the molecule is COc1ccc(C(=O)N2CCN(C3CC4(CCN(c5ccc(C(=O)NS(=O)(=O)c6cnc(NCC7CCC(C)(O)CC7)c([N+](=O)[O-])c6)c(Oc6cc7c(F)c[nH]c7nc6OC)c5)CC4)C3)[C@H](c3ccccc3C(C)C)C2)cc1. The number of nitrogens with one attached hydrogen (secondary N) is 3. The van der Waals surface area contributed by atoms with Gasteiger partial charge in [0.1, 0.15) is 27.9 Å². The molecule has 21 heteroatoms. The van der Waals surface area contributed by atoms with Gasteiger partial charge < -0.3 is 39.4 Å². The Labute approximate surface area is 452 Å². The predicted octanol–water partition coefficient (Wildman–Crippen LogP) is 9.36. The second kappa shape index (κ2) is 21.8. The largest absolute Gasteiger partial charge is 0.497 e. The van der Waals surface area contributed by atoms with Gasteiger partial charge in [-0.3, -0.25) is 24.6 Å². The number of rotatable bonds is 16. The van der Waals surface area contributed by atoms with Gasteiger partial charge in [0.05, 0.1) is 47.9 Å². The van der Waals surface area contributed by atoms with Crippen LogP contribution in [-0.2, 0) is 10.0 Å². The van der Waals surface area contributed by atoms with Crippen molar-refractivity contribution in [3.05, 3.63) is 129 Å². The number of hydrogen-bond acceptors (Lipinski definition) is 15. The second-order valence-electron chi connectivity index (χ2n) is 21.9. The van der Waals surface area contributed by atoms with E-state index >= 15 is 0 Å². The number of sulfonamides is 1. The number of piperazine rings is 1. The first-order valence-corrected chi connectivity index (χ1v) is 28.1. The molecule has 4 fully saturated rings. The predicted molar refractivity (Wildman–Crippen MR) is 292 cm³/mol. The molecule has 0 bridgehead atoms. The van der Waals surface area contributed by atoms with Gasteiger partial charge in [-0.2, -0.15) is 4.98 Å². The van der Waals surface area contributed by atoms with E-state index in [1.807, 2.05) is 33.9 Å². The fourth-order valence-electron chi connectivity index (χ4n) is 11.9. The van der Waals surface area contributed by atoms with E-state index in [0.29, 0.717) is 87.4 Å². The smallest absolute Gasteiger partial charge is 0.312 e. The van der Waals surface area contributed by atoms with E-state index in [9.17, 15) is 37.6 Å². The third kappa shape index (κ3) is 11.2. The highest BCUT2D eigenvalue weighted by Gasteiger charge is 2.50. The number of aromatic nitrogens is 3. The van der Waals surface area contributed by atoms with Crippen LogP contribution in [0.15, 0.2) is 96.2 Å². The maximum atomic E-state index is 14.9. The molecule has 2 aliphatic heterocycles. The standard InChI is InChI=1S/C57H66FN9O10S/c1-35(2)42-8-6-7-9-43(42)48-34-65(55(69)37-10-13-40(75-4)14-11-37)24-25-66(48)39-29-57(30-39)20-22-64(23-21-57)38-12-15-44(49(26-38)77-50-28-45-46(58)33-61-51(45)62-54(50)76-5)53(68)63-78(73,74)41-27-47(67(71)72)52(60-32-41)59-31-36-16-18-56(3,70)19-17-36/h6-15,26-28,32-33,35-36,39,48,70H,16-25,29-31,34H2,1-5H3,(H,59,60)(H,61,62)(H,63,68)/t36?,48-,56?/m0/s1. The molecule has 2 saturated heterocycles. The summed E-state index contributed by atoms with van der Waals surface area (Å²) in [5, 5.41) is 25.7. The van der Waals surface area contributed by atoms with Crippen LogP contribution in [0.2, 0.25) is 0 Å². The molecule has 412 valence electrons. The number of pyridine rings is 2. The molecule has 78 heavy (non-hydrogen) atoms. The number of fused-ring (bicyclic) bond motifs is 1. The van der Waals surface area contributed by atoms with Crippen LogP contribution in [0.3, 0.4) is 0 Å². The van der Waals surface area contributed by atoms with E-state index in [1.54, 1.807) is 26.2 Å². The summed E-state index contributed by atoms with van der Waals surface area (Å²) in [6.07, 6.45) is 8.45. The fourth-order valence-corrected chi connectivity index (χ4v) is 12.8. The maximum absolute atomic E-state index is 14.9. The van der Waals surface area contributed by atoms with Gasteiger partial charge in [-0.1, -0.05) is 38.1 Å². The molecule has 0 radical (unpaired) electrons.